The molecular formula is C28H36N6O6. The van der Waals surface area contributed by atoms with Crippen LogP contribution in [-0.4, -0.2) is 88.4 Å². The third-order valence-electron chi connectivity index (χ3n) is 7.01. The van der Waals surface area contributed by atoms with Crippen LogP contribution in [-0.2, 0) is 15.9 Å². The zero-order chi connectivity index (χ0) is 28.4. The van der Waals surface area contributed by atoms with Crippen molar-refractivity contribution in [2.45, 2.75) is 51.7 Å². The van der Waals surface area contributed by atoms with Crippen molar-refractivity contribution in [1.82, 2.24) is 19.5 Å². The number of ether oxygens (including phenoxy) is 3. The van der Waals surface area contributed by atoms with Gasteiger partial charge in [0.05, 0.1) is 18.5 Å². The van der Waals surface area contributed by atoms with Crippen molar-refractivity contribution in [1.29, 1.82) is 0 Å². The van der Waals surface area contributed by atoms with E-state index in [4.69, 9.17) is 19.2 Å². The summed E-state index contributed by atoms with van der Waals surface area (Å²) in [6.45, 7) is 7.97. The van der Waals surface area contributed by atoms with Crippen LogP contribution >= 0.6 is 0 Å². The number of aromatic nitrogens is 3. The first-order chi connectivity index (χ1) is 19.2. The number of amides is 2. The van der Waals surface area contributed by atoms with Crippen LogP contribution in [0.3, 0.4) is 0 Å². The van der Waals surface area contributed by atoms with Gasteiger partial charge in [-0.25, -0.2) is 19.5 Å². The van der Waals surface area contributed by atoms with Gasteiger partial charge in [0.25, 0.3) is 0 Å². The first kappa shape index (κ1) is 27.5. The Balaban J connectivity index is 1.58. The Morgan fingerprint density at radius 2 is 1.90 bits per heavy atom. The van der Waals surface area contributed by atoms with Crippen LogP contribution in [0, 0.1) is 0 Å². The molecule has 214 valence electrons. The van der Waals surface area contributed by atoms with Crippen molar-refractivity contribution in [3.05, 3.63) is 42.1 Å². The Bertz CT molecular complexity index is 1370. The molecule has 5 rings (SSSR count). The van der Waals surface area contributed by atoms with Crippen LogP contribution in [0.2, 0.25) is 0 Å². The minimum absolute atomic E-state index is 0.00432. The molecule has 0 unspecified atom stereocenters. The van der Waals surface area contributed by atoms with E-state index in [9.17, 15) is 14.7 Å². The molecule has 4 heterocycles. The minimum Gasteiger partial charge on any atom is -0.491 e. The van der Waals surface area contributed by atoms with E-state index in [1.807, 2.05) is 32.9 Å². The Morgan fingerprint density at radius 3 is 2.60 bits per heavy atom. The summed E-state index contributed by atoms with van der Waals surface area (Å²) >= 11 is 0. The van der Waals surface area contributed by atoms with Gasteiger partial charge in [0.2, 0.25) is 0 Å². The summed E-state index contributed by atoms with van der Waals surface area (Å²) in [5.41, 5.74) is 1.30. The standard InChI is InChI=1S/C28H36N6O6/c1-28(2,3)40-27(37)33(19-7-9-21(10-8-19)39-17-16-38-4)25-22-12-15-32(20-6-5-14-31(18-20)26(35)36)24(22)30-23-11-13-29-34(23)25/h7-11,13,20H,5-6,12,14-18H2,1-4H3,(H,35,36)/t20-/m0/s1. The molecule has 1 atom stereocenters. The molecule has 0 aliphatic carbocycles. The molecule has 1 saturated heterocycles. The second kappa shape index (κ2) is 11.2. The third kappa shape index (κ3) is 5.62. The van der Waals surface area contributed by atoms with E-state index in [0.717, 1.165) is 24.2 Å². The molecule has 0 bridgehead atoms. The first-order valence-corrected chi connectivity index (χ1v) is 13.5. The third-order valence-corrected chi connectivity index (χ3v) is 7.01. The maximum Gasteiger partial charge on any atom is 0.420 e. The second-order valence-corrected chi connectivity index (χ2v) is 11.0. The van der Waals surface area contributed by atoms with Crippen molar-refractivity contribution < 1.29 is 28.9 Å². The van der Waals surface area contributed by atoms with E-state index in [-0.39, 0.29) is 6.04 Å². The Labute approximate surface area is 233 Å². The number of fused-ring (bicyclic) bond motifs is 2. The molecule has 1 fully saturated rings. The summed E-state index contributed by atoms with van der Waals surface area (Å²) < 4.78 is 18.3. The zero-order valence-corrected chi connectivity index (χ0v) is 23.4. The molecule has 0 saturated carbocycles. The number of anilines is 3. The highest BCUT2D eigenvalue weighted by molar-refractivity contribution is 5.97. The SMILES string of the molecule is COCCOc1ccc(N(C(=O)OC(C)(C)C)c2c3c(nc4ccnn24)N([C@H]2CCCN(C(=O)O)C2)CC3)cc1. The molecule has 12 heteroatoms. The number of carboxylic acid groups (broad SMARTS) is 1. The molecule has 2 aliphatic heterocycles. The number of rotatable bonds is 7. The molecule has 2 aromatic heterocycles. The van der Waals surface area contributed by atoms with Gasteiger partial charge in [-0.1, -0.05) is 0 Å². The predicted molar refractivity (Wildman–Crippen MR) is 149 cm³/mol. The maximum atomic E-state index is 13.8. The van der Waals surface area contributed by atoms with Crippen molar-refractivity contribution in [2.24, 2.45) is 0 Å². The van der Waals surface area contributed by atoms with Gasteiger partial charge in [-0.15, -0.1) is 0 Å². The van der Waals surface area contributed by atoms with Gasteiger partial charge in [0, 0.05) is 44.4 Å². The summed E-state index contributed by atoms with van der Waals surface area (Å²) in [4.78, 5) is 35.6. The topological polar surface area (TPSA) is 122 Å². The van der Waals surface area contributed by atoms with Crippen LogP contribution < -0.4 is 14.5 Å². The molecule has 0 spiro atoms. The van der Waals surface area contributed by atoms with Crippen LogP contribution in [0.25, 0.3) is 5.65 Å². The molecule has 2 amide bonds. The fraction of sp³-hybridized carbons (Fsp3) is 0.500. The fourth-order valence-corrected chi connectivity index (χ4v) is 5.27. The normalized spacial score (nSPS) is 17.1. The summed E-state index contributed by atoms with van der Waals surface area (Å²) in [5.74, 6) is 1.95. The molecule has 1 N–H and O–H groups in total. The Kier molecular flexibility index (Phi) is 7.70. The van der Waals surface area contributed by atoms with Gasteiger partial charge in [-0.05, 0) is 64.3 Å². The number of likely N-dealkylation sites (tertiary alicyclic amines) is 1. The Hall–Kier alpha value is -4.06. The van der Waals surface area contributed by atoms with Crippen LogP contribution in [0.4, 0.5) is 26.9 Å². The summed E-state index contributed by atoms with van der Waals surface area (Å²) in [7, 11) is 1.62. The molecule has 40 heavy (non-hydrogen) atoms. The number of methoxy groups -OCH3 is 1. The van der Waals surface area contributed by atoms with E-state index in [0.29, 0.717) is 62.2 Å². The monoisotopic (exact) mass is 552 g/mol. The molecule has 1 aromatic carbocycles. The summed E-state index contributed by atoms with van der Waals surface area (Å²) in [5, 5.41) is 14.1. The first-order valence-electron chi connectivity index (χ1n) is 13.5. The quantitative estimate of drug-likeness (QED) is 0.427. The average molecular weight is 553 g/mol. The molecular weight excluding hydrogens is 516 g/mol. The van der Waals surface area contributed by atoms with Crippen molar-refractivity contribution >= 4 is 35.2 Å². The molecule has 3 aromatic rings. The van der Waals surface area contributed by atoms with Gasteiger partial charge < -0.3 is 29.1 Å². The summed E-state index contributed by atoms with van der Waals surface area (Å²) in [6.07, 6.45) is 2.47. The van der Waals surface area contributed by atoms with E-state index >= 15 is 0 Å². The number of benzene rings is 1. The minimum atomic E-state index is -0.908. The molecule has 2 aliphatic rings. The fourth-order valence-electron chi connectivity index (χ4n) is 5.27. The number of nitrogens with zero attached hydrogens (tertiary/aromatic N) is 6. The lowest BCUT2D eigenvalue weighted by molar-refractivity contribution is 0.0597. The summed E-state index contributed by atoms with van der Waals surface area (Å²) in [6, 6.07) is 9.03. The smallest absolute Gasteiger partial charge is 0.420 e. The number of carbonyl (C=O) groups excluding carboxylic acids is 1. The van der Waals surface area contributed by atoms with Gasteiger partial charge in [0.1, 0.15) is 23.8 Å². The van der Waals surface area contributed by atoms with E-state index in [1.165, 1.54) is 4.90 Å². The number of piperidine rings is 1. The van der Waals surface area contributed by atoms with Crippen molar-refractivity contribution in [3.63, 3.8) is 0 Å². The zero-order valence-electron chi connectivity index (χ0n) is 23.4. The van der Waals surface area contributed by atoms with E-state index in [1.54, 1.807) is 40.9 Å². The largest absolute Gasteiger partial charge is 0.491 e. The number of carbonyl (C=O) groups is 2. The second-order valence-electron chi connectivity index (χ2n) is 11.0. The van der Waals surface area contributed by atoms with E-state index in [2.05, 4.69) is 10.00 Å². The number of hydrogen-bond donors (Lipinski definition) is 1. The van der Waals surface area contributed by atoms with Crippen LogP contribution in [0.15, 0.2) is 36.5 Å². The van der Waals surface area contributed by atoms with E-state index < -0.39 is 17.8 Å². The lowest BCUT2D eigenvalue weighted by Crippen LogP contribution is -2.49. The lowest BCUT2D eigenvalue weighted by atomic mass is 10.0. The molecule has 0 radical (unpaired) electrons. The highest BCUT2D eigenvalue weighted by Crippen LogP contribution is 2.40. The van der Waals surface area contributed by atoms with Gasteiger partial charge in [-0.3, -0.25) is 0 Å². The van der Waals surface area contributed by atoms with Gasteiger partial charge >= 0.3 is 12.2 Å². The van der Waals surface area contributed by atoms with Crippen molar-refractivity contribution in [3.8, 4) is 5.75 Å². The highest BCUT2D eigenvalue weighted by Gasteiger charge is 2.38. The van der Waals surface area contributed by atoms with Crippen LogP contribution in [0.5, 0.6) is 5.75 Å². The van der Waals surface area contributed by atoms with Crippen LogP contribution in [0.1, 0.15) is 39.2 Å². The molecule has 12 nitrogen and oxygen atoms in total. The predicted octanol–water partition coefficient (Wildman–Crippen LogP) is 4.33. The van der Waals surface area contributed by atoms with Gasteiger partial charge in [0.15, 0.2) is 11.5 Å². The van der Waals surface area contributed by atoms with Gasteiger partial charge in [-0.2, -0.15) is 9.61 Å². The lowest BCUT2D eigenvalue weighted by Gasteiger charge is -2.37. The highest BCUT2D eigenvalue weighted by atomic mass is 16.6. The maximum absolute atomic E-state index is 13.8. The number of hydrogen-bond acceptors (Lipinski definition) is 8. The Morgan fingerprint density at radius 1 is 1.12 bits per heavy atom. The average Bonchev–Trinajstić information content (AvgIpc) is 3.56. The van der Waals surface area contributed by atoms with Crippen molar-refractivity contribution in [2.75, 3.05) is 49.8 Å².